The largest absolute Gasteiger partial charge is 0.453 e. The smallest absolute Gasteiger partial charge is 0.407 e. The monoisotopic (exact) mass is 737 g/mol. The molecule has 0 spiro atoms. The number of aromatic amines is 2. The van der Waals surface area contributed by atoms with Crippen molar-refractivity contribution < 1.29 is 28.9 Å². The van der Waals surface area contributed by atoms with E-state index in [9.17, 15) is 14.4 Å². The van der Waals surface area contributed by atoms with Crippen molar-refractivity contribution in [1.29, 1.82) is 0 Å². The summed E-state index contributed by atoms with van der Waals surface area (Å²) in [6, 6.07) is 9.82. The molecule has 15 heteroatoms. The number of likely N-dealkylation sites (tertiary alicyclic amines) is 2. The highest BCUT2D eigenvalue weighted by molar-refractivity contribution is 5.86. The molecule has 5 heterocycles. The molecule has 0 unspecified atom stereocenters. The highest BCUT2D eigenvalue weighted by Gasteiger charge is 2.38. The molecule has 284 valence electrons. The zero-order valence-electron chi connectivity index (χ0n) is 31.5. The molecule has 6 rings (SSSR count). The number of methoxy groups -OCH3 is 1. The van der Waals surface area contributed by atoms with Crippen molar-refractivity contribution in [3.63, 3.8) is 0 Å². The standard InChI is InChI=1S/C39H47N9O6/c1-23(2)32(41-22-54-53-6)37(49)48-20-8-10-31(48)36-43-28-18-17-27(42-34(28)46-36)16-13-25-11-14-26(15-12-25)29-21-40-35(44-29)30-9-7-19-47(30)38(50)33(24(3)4)45-39(51)52-5/h11-12,14-15,17-18,21-24,30-33H,7-10,19-20H2,1-6H3,(H,40,44)(H,45,51)(H,42,43,46)/b41-22-/t30-,31-,32-,33-/m0/s1. The van der Waals surface area contributed by atoms with Gasteiger partial charge in [-0.1, -0.05) is 45.7 Å². The number of carbonyl (C=O) groups is 3. The molecule has 0 radical (unpaired) electrons. The maximum absolute atomic E-state index is 13.5. The average molecular weight is 738 g/mol. The first-order chi connectivity index (χ1) is 26.1. The number of pyridine rings is 1. The summed E-state index contributed by atoms with van der Waals surface area (Å²) in [6.45, 7) is 8.89. The van der Waals surface area contributed by atoms with Crippen molar-refractivity contribution in [2.75, 3.05) is 27.3 Å². The number of alkyl carbamates (subject to hydrolysis) is 1. The SMILES string of the molecule is COO/C=N\[C@H](C(=O)N1CCC[C@H]1c1nc2nc(C#Cc3ccc(-c4c[nH]c([C@@H]5CCCN5C(=O)[C@@H](NC(=O)OC)C(C)C)n4)cc3)ccc2[nH]1)C(C)C. The Bertz CT molecular complexity index is 2040. The van der Waals surface area contributed by atoms with Crippen LogP contribution >= 0.6 is 0 Å². The molecule has 4 aromatic rings. The molecule has 54 heavy (non-hydrogen) atoms. The van der Waals surface area contributed by atoms with Crippen LogP contribution in [-0.4, -0.2) is 98.4 Å². The molecule has 0 aliphatic carbocycles. The van der Waals surface area contributed by atoms with E-state index < -0.39 is 18.2 Å². The topological polar surface area (TPSA) is 180 Å². The van der Waals surface area contributed by atoms with Crippen molar-refractivity contribution in [3.05, 3.63) is 65.5 Å². The van der Waals surface area contributed by atoms with E-state index >= 15 is 0 Å². The molecule has 4 atom stereocenters. The van der Waals surface area contributed by atoms with Gasteiger partial charge < -0.3 is 34.7 Å². The summed E-state index contributed by atoms with van der Waals surface area (Å²) in [5.41, 5.74) is 4.35. The Morgan fingerprint density at radius 3 is 2.26 bits per heavy atom. The Balaban J connectivity index is 1.12. The van der Waals surface area contributed by atoms with Crippen molar-refractivity contribution in [1.82, 2.24) is 40.0 Å². The lowest BCUT2D eigenvalue weighted by Crippen LogP contribution is -2.51. The number of rotatable bonds is 11. The lowest BCUT2D eigenvalue weighted by molar-refractivity contribution is -0.188. The van der Waals surface area contributed by atoms with Gasteiger partial charge in [-0.05, 0) is 67.7 Å². The van der Waals surface area contributed by atoms with E-state index in [1.54, 1.807) is 4.90 Å². The number of nitrogens with one attached hydrogen (secondary N) is 3. The molecule has 3 N–H and O–H groups in total. The predicted octanol–water partition coefficient (Wildman–Crippen LogP) is 5.09. The predicted molar refractivity (Wildman–Crippen MR) is 201 cm³/mol. The summed E-state index contributed by atoms with van der Waals surface area (Å²) in [4.78, 5) is 77.2. The second kappa shape index (κ2) is 16.9. The van der Waals surface area contributed by atoms with Crippen LogP contribution in [0, 0.1) is 23.7 Å². The number of aromatic nitrogens is 5. The number of ether oxygens (including phenoxy) is 1. The van der Waals surface area contributed by atoms with Gasteiger partial charge in [0.05, 0.1) is 37.5 Å². The van der Waals surface area contributed by atoms with Crippen LogP contribution in [-0.2, 0) is 24.1 Å². The number of nitrogens with zero attached hydrogens (tertiary/aromatic N) is 6. The van der Waals surface area contributed by atoms with Crippen LogP contribution in [0.4, 0.5) is 4.79 Å². The minimum absolute atomic E-state index is 0.0298. The van der Waals surface area contributed by atoms with Crippen LogP contribution < -0.4 is 5.32 Å². The van der Waals surface area contributed by atoms with Gasteiger partial charge in [-0.2, -0.15) is 4.89 Å². The molecule has 2 fully saturated rings. The second-order valence-electron chi connectivity index (χ2n) is 14.1. The number of imidazole rings is 2. The number of carbonyl (C=O) groups excluding carboxylic acids is 3. The first-order valence-electron chi connectivity index (χ1n) is 18.3. The zero-order chi connectivity index (χ0) is 38.4. The molecular formula is C39H47N9O6. The Labute approximate surface area is 314 Å². The highest BCUT2D eigenvalue weighted by atomic mass is 17.2. The lowest BCUT2D eigenvalue weighted by Gasteiger charge is -2.29. The van der Waals surface area contributed by atoms with Crippen LogP contribution in [0.3, 0.4) is 0 Å². The Morgan fingerprint density at radius 1 is 0.889 bits per heavy atom. The number of amides is 3. The maximum Gasteiger partial charge on any atom is 0.407 e. The van der Waals surface area contributed by atoms with Crippen LogP contribution in [0.25, 0.3) is 22.4 Å². The third-order valence-electron chi connectivity index (χ3n) is 9.82. The second-order valence-corrected chi connectivity index (χ2v) is 14.1. The van der Waals surface area contributed by atoms with Gasteiger partial charge in [-0.15, -0.1) is 0 Å². The van der Waals surface area contributed by atoms with Gasteiger partial charge in [0, 0.05) is 30.4 Å². The fraction of sp³-hybridized carbons (Fsp3) is 0.462. The maximum atomic E-state index is 13.5. The van der Waals surface area contributed by atoms with E-state index in [1.807, 2.05) is 75.2 Å². The third kappa shape index (κ3) is 8.39. The number of hydrogen-bond acceptors (Lipinski definition) is 10. The number of benzene rings is 1. The van der Waals surface area contributed by atoms with E-state index in [4.69, 9.17) is 19.6 Å². The number of hydrogen-bond donors (Lipinski definition) is 3. The van der Waals surface area contributed by atoms with Crippen LogP contribution in [0.15, 0.2) is 47.6 Å². The molecule has 15 nitrogen and oxygen atoms in total. The molecule has 3 amide bonds. The van der Waals surface area contributed by atoms with Gasteiger partial charge in [0.25, 0.3) is 0 Å². The van der Waals surface area contributed by atoms with E-state index in [1.165, 1.54) is 20.6 Å². The molecule has 0 saturated carbocycles. The summed E-state index contributed by atoms with van der Waals surface area (Å²) >= 11 is 0. The minimum atomic E-state index is -0.693. The summed E-state index contributed by atoms with van der Waals surface area (Å²) < 4.78 is 4.74. The van der Waals surface area contributed by atoms with E-state index in [2.05, 4.69) is 42.0 Å². The molecular weight excluding hydrogens is 690 g/mol. The van der Waals surface area contributed by atoms with Crippen LogP contribution in [0.5, 0.6) is 0 Å². The van der Waals surface area contributed by atoms with Gasteiger partial charge in [0.15, 0.2) is 5.65 Å². The summed E-state index contributed by atoms with van der Waals surface area (Å²) in [5.74, 6) is 7.36. The van der Waals surface area contributed by atoms with Crippen molar-refractivity contribution in [2.24, 2.45) is 16.8 Å². The Kier molecular flexibility index (Phi) is 11.9. The van der Waals surface area contributed by atoms with Gasteiger partial charge in [0.2, 0.25) is 18.2 Å². The van der Waals surface area contributed by atoms with Crippen molar-refractivity contribution in [3.8, 4) is 23.1 Å². The van der Waals surface area contributed by atoms with E-state index in [0.29, 0.717) is 36.1 Å². The lowest BCUT2D eigenvalue weighted by atomic mass is 10.0. The van der Waals surface area contributed by atoms with Crippen molar-refractivity contribution in [2.45, 2.75) is 77.5 Å². The molecule has 2 aliphatic rings. The minimum Gasteiger partial charge on any atom is -0.453 e. The van der Waals surface area contributed by atoms with Gasteiger partial charge >= 0.3 is 6.09 Å². The summed E-state index contributed by atoms with van der Waals surface area (Å²) in [7, 11) is 2.67. The molecule has 2 aliphatic heterocycles. The molecule has 0 bridgehead atoms. The fourth-order valence-electron chi connectivity index (χ4n) is 6.99. The molecule has 3 aromatic heterocycles. The van der Waals surface area contributed by atoms with Gasteiger partial charge in [-0.3, -0.25) is 9.59 Å². The van der Waals surface area contributed by atoms with Gasteiger partial charge in [0.1, 0.15) is 29.4 Å². The Hall–Kier alpha value is -5.75. The van der Waals surface area contributed by atoms with Crippen molar-refractivity contribution >= 4 is 35.5 Å². The fourth-order valence-corrected chi connectivity index (χ4v) is 6.99. The summed E-state index contributed by atoms with van der Waals surface area (Å²) in [6.07, 6.45) is 5.63. The summed E-state index contributed by atoms with van der Waals surface area (Å²) in [5, 5.41) is 2.68. The Morgan fingerprint density at radius 2 is 1.59 bits per heavy atom. The molecule has 1 aromatic carbocycles. The number of fused-ring (bicyclic) bond motifs is 1. The quantitative estimate of drug-likeness (QED) is 0.0622. The van der Waals surface area contributed by atoms with Crippen LogP contribution in [0.2, 0.25) is 0 Å². The first kappa shape index (κ1) is 38.0. The third-order valence-corrected chi connectivity index (χ3v) is 9.82. The van der Waals surface area contributed by atoms with Gasteiger partial charge in [-0.25, -0.2) is 24.7 Å². The first-order valence-corrected chi connectivity index (χ1v) is 18.3. The van der Waals surface area contributed by atoms with Crippen LogP contribution in [0.1, 0.15) is 88.4 Å². The zero-order valence-corrected chi connectivity index (χ0v) is 31.5. The van der Waals surface area contributed by atoms with E-state index in [0.717, 1.165) is 48.0 Å². The number of aliphatic imine (C=N–C) groups is 1. The molecule has 2 saturated heterocycles. The highest BCUT2D eigenvalue weighted by Crippen LogP contribution is 2.34. The van der Waals surface area contributed by atoms with E-state index in [-0.39, 0.29) is 35.7 Å². The normalized spacial score (nSPS) is 18.3. The number of H-pyrrole nitrogens is 2. The average Bonchev–Trinajstić information content (AvgIpc) is 4.00.